The topological polar surface area (TPSA) is 28.2 Å². The first kappa shape index (κ1) is 10.1. The van der Waals surface area contributed by atoms with Crippen LogP contribution in [0.3, 0.4) is 0 Å². The minimum Gasteiger partial charge on any atom is -0.353 e. The first-order chi connectivity index (χ1) is 7.75. The van der Waals surface area contributed by atoms with Gasteiger partial charge >= 0.3 is 0 Å². The van der Waals surface area contributed by atoms with Crippen LogP contribution in [0.4, 0.5) is 5.82 Å². The second kappa shape index (κ2) is 3.74. The number of aromatic nitrogens is 1. The van der Waals surface area contributed by atoms with Gasteiger partial charge in [-0.1, -0.05) is 6.07 Å². The number of fused-ring (bicyclic) bond motifs is 1. The van der Waals surface area contributed by atoms with E-state index in [1.165, 1.54) is 13.1 Å². The molecule has 0 aromatic carbocycles. The van der Waals surface area contributed by atoms with E-state index >= 15 is 0 Å². The number of hydrogen-bond donors (Lipinski definition) is 1. The molecule has 2 aliphatic rings. The van der Waals surface area contributed by atoms with E-state index < -0.39 is 0 Å². The molecule has 1 aromatic heterocycles. The summed E-state index contributed by atoms with van der Waals surface area (Å²) in [5.41, 5.74) is 1.11. The van der Waals surface area contributed by atoms with Gasteiger partial charge in [0, 0.05) is 31.4 Å². The summed E-state index contributed by atoms with van der Waals surface area (Å²) in [5.74, 6) is 2.78. The molecule has 0 bridgehead atoms. The Hall–Kier alpha value is -1.09. The summed E-state index contributed by atoms with van der Waals surface area (Å²) in [5, 5.41) is 3.49. The van der Waals surface area contributed by atoms with E-state index in [-0.39, 0.29) is 0 Å². The number of nitrogens with zero attached hydrogens (tertiary/aromatic N) is 2. The van der Waals surface area contributed by atoms with E-state index in [9.17, 15) is 0 Å². The van der Waals surface area contributed by atoms with Crippen molar-refractivity contribution in [2.45, 2.75) is 19.9 Å². The van der Waals surface area contributed by atoms with Gasteiger partial charge in [-0.2, -0.15) is 0 Å². The van der Waals surface area contributed by atoms with E-state index in [2.05, 4.69) is 47.2 Å². The summed E-state index contributed by atoms with van der Waals surface area (Å²) in [6.07, 6.45) is 0. The Kier molecular flexibility index (Phi) is 2.36. The zero-order valence-corrected chi connectivity index (χ0v) is 9.98. The van der Waals surface area contributed by atoms with Gasteiger partial charge in [0.2, 0.25) is 0 Å². The number of rotatable bonds is 1. The fourth-order valence-corrected chi connectivity index (χ4v) is 3.16. The van der Waals surface area contributed by atoms with Gasteiger partial charge in [0.15, 0.2) is 0 Å². The van der Waals surface area contributed by atoms with Gasteiger partial charge in [-0.25, -0.2) is 4.98 Å². The molecule has 3 nitrogen and oxygen atoms in total. The Morgan fingerprint density at radius 3 is 3.00 bits per heavy atom. The third kappa shape index (κ3) is 1.50. The van der Waals surface area contributed by atoms with Crippen molar-refractivity contribution in [1.29, 1.82) is 0 Å². The highest BCUT2D eigenvalue weighted by Gasteiger charge is 2.42. The van der Waals surface area contributed by atoms with E-state index in [0.717, 1.165) is 29.9 Å². The third-order valence-electron chi connectivity index (χ3n) is 4.10. The summed E-state index contributed by atoms with van der Waals surface area (Å²) in [7, 11) is 0. The van der Waals surface area contributed by atoms with Crippen molar-refractivity contribution in [2.24, 2.45) is 11.8 Å². The number of anilines is 1. The predicted molar refractivity (Wildman–Crippen MR) is 65.6 cm³/mol. The van der Waals surface area contributed by atoms with Gasteiger partial charge in [-0.05, 0) is 37.8 Å². The Bertz CT molecular complexity index is 391. The van der Waals surface area contributed by atoms with Crippen LogP contribution in [0.15, 0.2) is 18.2 Å². The van der Waals surface area contributed by atoms with Crippen molar-refractivity contribution in [3.8, 4) is 0 Å². The Morgan fingerprint density at radius 2 is 2.25 bits per heavy atom. The largest absolute Gasteiger partial charge is 0.353 e. The molecule has 2 aliphatic heterocycles. The molecule has 1 N–H and O–H groups in total. The fraction of sp³-hybridized carbons (Fsp3) is 0.615. The normalized spacial score (nSPS) is 33.1. The maximum atomic E-state index is 4.64. The summed E-state index contributed by atoms with van der Waals surface area (Å²) >= 11 is 0. The van der Waals surface area contributed by atoms with Crippen molar-refractivity contribution < 1.29 is 0 Å². The van der Waals surface area contributed by atoms with Crippen LogP contribution < -0.4 is 10.2 Å². The number of nitrogens with one attached hydrogen (secondary N) is 1. The Balaban J connectivity index is 1.86. The molecule has 3 atom stereocenters. The van der Waals surface area contributed by atoms with Gasteiger partial charge in [0.1, 0.15) is 5.82 Å². The van der Waals surface area contributed by atoms with Crippen molar-refractivity contribution in [3.63, 3.8) is 0 Å². The summed E-state index contributed by atoms with van der Waals surface area (Å²) in [6.45, 7) is 7.91. The van der Waals surface area contributed by atoms with Crippen LogP contribution in [-0.4, -0.2) is 30.7 Å². The number of pyridine rings is 1. The maximum Gasteiger partial charge on any atom is 0.129 e. The summed E-state index contributed by atoms with van der Waals surface area (Å²) in [4.78, 5) is 7.11. The van der Waals surface area contributed by atoms with Gasteiger partial charge in [0.05, 0.1) is 0 Å². The molecule has 0 saturated carbocycles. The highest BCUT2D eigenvalue weighted by Crippen LogP contribution is 2.34. The van der Waals surface area contributed by atoms with E-state index in [4.69, 9.17) is 0 Å². The van der Waals surface area contributed by atoms with Crippen molar-refractivity contribution >= 4 is 5.82 Å². The molecule has 3 rings (SSSR count). The molecular weight excluding hydrogens is 198 g/mol. The lowest BCUT2D eigenvalue weighted by Crippen LogP contribution is -2.33. The van der Waals surface area contributed by atoms with E-state index in [1.807, 2.05) is 0 Å². The summed E-state index contributed by atoms with van der Waals surface area (Å²) in [6, 6.07) is 6.93. The Labute approximate surface area is 96.9 Å². The zero-order valence-electron chi connectivity index (χ0n) is 9.98. The molecule has 0 aliphatic carbocycles. The molecule has 0 amide bonds. The molecule has 16 heavy (non-hydrogen) atoms. The molecule has 0 radical (unpaired) electrons. The van der Waals surface area contributed by atoms with Crippen LogP contribution in [0.1, 0.15) is 12.6 Å². The lowest BCUT2D eigenvalue weighted by Gasteiger charge is -2.25. The minimum absolute atomic E-state index is 0.620. The first-order valence-electron chi connectivity index (χ1n) is 6.17. The predicted octanol–water partition coefficient (Wildman–Crippen LogP) is 1.43. The van der Waals surface area contributed by atoms with Crippen molar-refractivity contribution in [3.05, 3.63) is 23.9 Å². The molecule has 3 unspecified atom stereocenters. The van der Waals surface area contributed by atoms with Crippen LogP contribution in [0.5, 0.6) is 0 Å². The SMILES string of the molecule is Cc1cccc(N2CC3CNCC3C2C)n1. The lowest BCUT2D eigenvalue weighted by molar-refractivity contribution is 0.471. The van der Waals surface area contributed by atoms with Crippen molar-refractivity contribution in [1.82, 2.24) is 10.3 Å². The Morgan fingerprint density at radius 1 is 1.38 bits per heavy atom. The maximum absolute atomic E-state index is 4.64. The highest BCUT2D eigenvalue weighted by atomic mass is 15.3. The van der Waals surface area contributed by atoms with Gasteiger partial charge < -0.3 is 10.2 Å². The molecule has 0 spiro atoms. The molecule has 1 aromatic rings. The molecule has 2 saturated heterocycles. The molecular formula is C13H19N3. The summed E-state index contributed by atoms with van der Waals surface area (Å²) < 4.78 is 0. The monoisotopic (exact) mass is 217 g/mol. The van der Waals surface area contributed by atoms with E-state index in [0.29, 0.717) is 6.04 Å². The number of aryl methyl sites for hydroxylation is 1. The minimum atomic E-state index is 0.620. The van der Waals surface area contributed by atoms with Crippen LogP contribution >= 0.6 is 0 Å². The number of hydrogen-bond acceptors (Lipinski definition) is 3. The standard InChI is InChI=1S/C13H19N3/c1-9-4-3-5-13(15-9)16-8-11-6-14-7-12(11)10(16)2/h3-5,10-12,14H,6-8H2,1-2H3. The van der Waals surface area contributed by atoms with Gasteiger partial charge in [-0.15, -0.1) is 0 Å². The quantitative estimate of drug-likeness (QED) is 0.771. The van der Waals surface area contributed by atoms with Crippen LogP contribution in [0.2, 0.25) is 0 Å². The smallest absolute Gasteiger partial charge is 0.129 e. The average molecular weight is 217 g/mol. The van der Waals surface area contributed by atoms with Crippen LogP contribution in [-0.2, 0) is 0 Å². The van der Waals surface area contributed by atoms with E-state index in [1.54, 1.807) is 0 Å². The average Bonchev–Trinajstić information content (AvgIpc) is 2.82. The lowest BCUT2D eigenvalue weighted by atomic mass is 9.95. The van der Waals surface area contributed by atoms with Crippen LogP contribution in [0, 0.1) is 18.8 Å². The fourth-order valence-electron chi connectivity index (χ4n) is 3.16. The molecule has 3 heteroatoms. The van der Waals surface area contributed by atoms with Gasteiger partial charge in [-0.3, -0.25) is 0 Å². The second-order valence-corrected chi connectivity index (χ2v) is 5.11. The van der Waals surface area contributed by atoms with Crippen LogP contribution in [0.25, 0.3) is 0 Å². The first-order valence-corrected chi connectivity index (χ1v) is 6.17. The molecule has 86 valence electrons. The molecule has 2 fully saturated rings. The zero-order chi connectivity index (χ0) is 11.1. The molecule has 3 heterocycles. The second-order valence-electron chi connectivity index (χ2n) is 5.11. The third-order valence-corrected chi connectivity index (χ3v) is 4.10. The van der Waals surface area contributed by atoms with Crippen molar-refractivity contribution in [2.75, 3.05) is 24.5 Å². The van der Waals surface area contributed by atoms with Gasteiger partial charge in [0.25, 0.3) is 0 Å². The highest BCUT2D eigenvalue weighted by molar-refractivity contribution is 5.42.